The van der Waals surface area contributed by atoms with Crippen LogP contribution in [0.25, 0.3) is 11.4 Å². The maximum Gasteiger partial charge on any atom is 0.270 e. The number of hydrogen-bond acceptors (Lipinski definition) is 4. The van der Waals surface area contributed by atoms with Crippen LogP contribution in [-0.2, 0) is 6.42 Å². The molecule has 0 saturated heterocycles. The lowest BCUT2D eigenvalue weighted by molar-refractivity contribution is 0.0938. The van der Waals surface area contributed by atoms with Crippen LogP contribution >= 0.6 is 0 Å². The number of fused-ring (bicyclic) bond motifs is 1. The third-order valence-electron chi connectivity index (χ3n) is 4.85. The van der Waals surface area contributed by atoms with Crippen molar-refractivity contribution >= 4 is 17.4 Å². The topological polar surface area (TPSA) is 58.1 Å². The molecule has 3 aromatic rings. The summed E-state index contributed by atoms with van der Waals surface area (Å²) in [5.41, 5.74) is 3.71. The van der Waals surface area contributed by atoms with E-state index in [1.165, 1.54) is 5.56 Å². The predicted octanol–water partition coefficient (Wildman–Crippen LogP) is 4.36. The van der Waals surface area contributed by atoms with E-state index in [1.54, 1.807) is 6.07 Å². The largest absolute Gasteiger partial charge is 0.349 e. The molecule has 1 aliphatic heterocycles. The second-order valence-corrected chi connectivity index (χ2v) is 7.48. The fourth-order valence-electron chi connectivity index (χ4n) is 3.64. The lowest BCUT2D eigenvalue weighted by Crippen LogP contribution is -2.32. The predicted molar refractivity (Wildman–Crippen MR) is 112 cm³/mol. The second kappa shape index (κ2) is 7.43. The number of carbonyl (C=O) groups is 1. The second-order valence-electron chi connectivity index (χ2n) is 7.48. The monoisotopic (exact) mass is 372 g/mol. The van der Waals surface area contributed by atoms with Crippen LogP contribution in [0.2, 0.25) is 0 Å². The molecule has 28 heavy (non-hydrogen) atoms. The first-order chi connectivity index (χ1) is 13.5. The van der Waals surface area contributed by atoms with Crippen molar-refractivity contribution in [3.05, 3.63) is 71.9 Å². The fourth-order valence-corrected chi connectivity index (χ4v) is 3.64. The highest BCUT2D eigenvalue weighted by Crippen LogP contribution is 2.37. The molecule has 1 aromatic heterocycles. The Morgan fingerprint density at radius 3 is 2.54 bits per heavy atom. The van der Waals surface area contributed by atoms with Crippen molar-refractivity contribution < 1.29 is 4.79 Å². The number of nitrogens with zero attached hydrogens (tertiary/aromatic N) is 3. The van der Waals surface area contributed by atoms with Gasteiger partial charge in [0.15, 0.2) is 5.82 Å². The SMILES string of the molecule is CC(C)NC(=O)c1cc(N2c3ccccc3CC2C)nc(-c2ccccc2)n1. The highest BCUT2D eigenvalue weighted by molar-refractivity contribution is 5.94. The Hall–Kier alpha value is -3.21. The van der Waals surface area contributed by atoms with E-state index in [9.17, 15) is 4.79 Å². The molecule has 2 aromatic carbocycles. The van der Waals surface area contributed by atoms with Gasteiger partial charge in [-0.15, -0.1) is 0 Å². The number of hydrogen-bond donors (Lipinski definition) is 1. The third kappa shape index (κ3) is 3.48. The van der Waals surface area contributed by atoms with E-state index in [4.69, 9.17) is 4.98 Å². The van der Waals surface area contributed by atoms with Crippen molar-refractivity contribution in [1.29, 1.82) is 0 Å². The molecule has 0 bridgehead atoms. The summed E-state index contributed by atoms with van der Waals surface area (Å²) in [6.45, 7) is 6.06. The van der Waals surface area contributed by atoms with Gasteiger partial charge in [-0.1, -0.05) is 48.5 Å². The van der Waals surface area contributed by atoms with E-state index in [-0.39, 0.29) is 18.0 Å². The minimum Gasteiger partial charge on any atom is -0.349 e. The molecular formula is C23H24N4O. The highest BCUT2D eigenvalue weighted by atomic mass is 16.1. The van der Waals surface area contributed by atoms with Gasteiger partial charge in [0.25, 0.3) is 5.91 Å². The molecule has 1 N–H and O–H groups in total. The van der Waals surface area contributed by atoms with Crippen LogP contribution in [0, 0.1) is 0 Å². The van der Waals surface area contributed by atoms with E-state index in [2.05, 4.69) is 40.3 Å². The van der Waals surface area contributed by atoms with E-state index >= 15 is 0 Å². The first-order valence-electron chi connectivity index (χ1n) is 9.65. The van der Waals surface area contributed by atoms with Crippen LogP contribution in [0.5, 0.6) is 0 Å². The molecular weight excluding hydrogens is 348 g/mol. The molecule has 1 aliphatic rings. The normalized spacial score (nSPS) is 15.6. The van der Waals surface area contributed by atoms with Gasteiger partial charge in [-0.25, -0.2) is 9.97 Å². The standard InChI is InChI=1S/C23H24N4O/c1-15(2)24-23(28)19-14-21(26-22(25-19)17-9-5-4-6-10-17)27-16(3)13-18-11-7-8-12-20(18)27/h4-12,14-16H,13H2,1-3H3,(H,24,28). The molecule has 0 fully saturated rings. The number of nitrogens with one attached hydrogen (secondary N) is 1. The van der Waals surface area contributed by atoms with Gasteiger partial charge in [-0.3, -0.25) is 4.79 Å². The zero-order valence-electron chi connectivity index (χ0n) is 16.4. The lowest BCUT2D eigenvalue weighted by Gasteiger charge is -2.24. The van der Waals surface area contributed by atoms with Gasteiger partial charge in [0, 0.05) is 29.4 Å². The van der Waals surface area contributed by atoms with Gasteiger partial charge in [-0.2, -0.15) is 0 Å². The summed E-state index contributed by atoms with van der Waals surface area (Å²) in [4.78, 5) is 24.3. The number of carbonyl (C=O) groups excluding carboxylic acids is 1. The van der Waals surface area contributed by atoms with Gasteiger partial charge in [-0.05, 0) is 38.8 Å². The number of rotatable bonds is 4. The number of anilines is 2. The Morgan fingerprint density at radius 1 is 1.07 bits per heavy atom. The van der Waals surface area contributed by atoms with E-state index in [1.807, 2.05) is 50.2 Å². The molecule has 4 rings (SSSR count). The average Bonchev–Trinajstić information content (AvgIpc) is 3.03. The summed E-state index contributed by atoms with van der Waals surface area (Å²) in [5.74, 6) is 1.12. The van der Waals surface area contributed by atoms with E-state index < -0.39 is 0 Å². The van der Waals surface area contributed by atoms with Crippen molar-refractivity contribution in [3.63, 3.8) is 0 Å². The van der Waals surface area contributed by atoms with Crippen LogP contribution < -0.4 is 10.2 Å². The Kier molecular flexibility index (Phi) is 4.82. The number of aromatic nitrogens is 2. The molecule has 0 radical (unpaired) electrons. The minimum atomic E-state index is -0.184. The first-order valence-corrected chi connectivity index (χ1v) is 9.65. The Bertz CT molecular complexity index is 1000. The average molecular weight is 372 g/mol. The zero-order valence-corrected chi connectivity index (χ0v) is 16.4. The number of benzene rings is 2. The highest BCUT2D eigenvalue weighted by Gasteiger charge is 2.29. The van der Waals surface area contributed by atoms with Crippen LogP contribution in [0.1, 0.15) is 36.8 Å². The molecule has 1 unspecified atom stereocenters. The quantitative estimate of drug-likeness (QED) is 0.739. The molecule has 5 heteroatoms. The summed E-state index contributed by atoms with van der Waals surface area (Å²) < 4.78 is 0. The van der Waals surface area contributed by atoms with E-state index in [0.717, 1.165) is 23.5 Å². The van der Waals surface area contributed by atoms with Gasteiger partial charge in [0.2, 0.25) is 0 Å². The van der Waals surface area contributed by atoms with E-state index in [0.29, 0.717) is 11.5 Å². The maximum absolute atomic E-state index is 12.7. The zero-order chi connectivity index (χ0) is 19.7. The van der Waals surface area contributed by atoms with Crippen molar-refractivity contribution in [2.24, 2.45) is 0 Å². The Balaban J connectivity index is 1.84. The van der Waals surface area contributed by atoms with Gasteiger partial charge >= 0.3 is 0 Å². The molecule has 0 spiro atoms. The molecule has 142 valence electrons. The summed E-state index contributed by atoms with van der Waals surface area (Å²) in [6, 6.07) is 20.2. The summed E-state index contributed by atoms with van der Waals surface area (Å²) in [7, 11) is 0. The maximum atomic E-state index is 12.7. The van der Waals surface area contributed by atoms with Crippen molar-refractivity contribution in [3.8, 4) is 11.4 Å². The van der Waals surface area contributed by atoms with Crippen LogP contribution in [0.3, 0.4) is 0 Å². The lowest BCUT2D eigenvalue weighted by atomic mass is 10.1. The molecule has 0 aliphatic carbocycles. The molecule has 0 saturated carbocycles. The molecule has 1 atom stereocenters. The number of para-hydroxylation sites is 1. The van der Waals surface area contributed by atoms with Gasteiger partial charge in [0.05, 0.1) is 0 Å². The summed E-state index contributed by atoms with van der Waals surface area (Å²) in [5, 5.41) is 2.94. The van der Waals surface area contributed by atoms with Crippen molar-refractivity contribution in [2.75, 3.05) is 4.90 Å². The fraction of sp³-hybridized carbons (Fsp3) is 0.261. The first kappa shape index (κ1) is 18.2. The Labute approximate surface area is 165 Å². The van der Waals surface area contributed by atoms with Crippen LogP contribution in [0.4, 0.5) is 11.5 Å². The summed E-state index contributed by atoms with van der Waals surface area (Å²) >= 11 is 0. The Morgan fingerprint density at radius 2 is 1.79 bits per heavy atom. The van der Waals surface area contributed by atoms with Crippen molar-refractivity contribution in [2.45, 2.75) is 39.3 Å². The summed E-state index contributed by atoms with van der Waals surface area (Å²) in [6.07, 6.45) is 0.953. The molecule has 2 heterocycles. The smallest absolute Gasteiger partial charge is 0.270 e. The number of amides is 1. The van der Waals surface area contributed by atoms with Crippen molar-refractivity contribution in [1.82, 2.24) is 15.3 Å². The minimum absolute atomic E-state index is 0.0394. The molecule has 1 amide bonds. The van der Waals surface area contributed by atoms with Gasteiger partial charge < -0.3 is 10.2 Å². The molecule has 5 nitrogen and oxygen atoms in total. The third-order valence-corrected chi connectivity index (χ3v) is 4.85. The van der Waals surface area contributed by atoms with Crippen LogP contribution in [0.15, 0.2) is 60.7 Å². The van der Waals surface area contributed by atoms with Gasteiger partial charge in [0.1, 0.15) is 11.5 Å². The van der Waals surface area contributed by atoms with Crippen LogP contribution in [-0.4, -0.2) is 28.0 Å².